The average molecular weight is 453 g/mol. The van der Waals surface area contributed by atoms with Gasteiger partial charge in [-0.15, -0.1) is 0 Å². The average Bonchev–Trinajstić information content (AvgIpc) is 3.42. The van der Waals surface area contributed by atoms with Crippen LogP contribution < -0.4 is 9.47 Å². The number of ether oxygens (including phenoxy) is 3. The monoisotopic (exact) mass is 452 g/mol. The van der Waals surface area contributed by atoms with Crippen molar-refractivity contribution in [3.63, 3.8) is 0 Å². The minimum absolute atomic E-state index is 0.0120. The minimum Gasteiger partial charge on any atom is -0.497 e. The van der Waals surface area contributed by atoms with Crippen molar-refractivity contribution in [1.29, 1.82) is 0 Å². The molecule has 0 N–H and O–H groups in total. The number of benzene rings is 2. The molecule has 0 amide bonds. The maximum Gasteiger partial charge on any atom is 0.127 e. The predicted octanol–water partition coefficient (Wildman–Crippen LogP) is 8.03. The zero-order chi connectivity index (χ0) is 23.0. The molecule has 0 aromatic heterocycles. The van der Waals surface area contributed by atoms with Crippen molar-refractivity contribution in [2.75, 3.05) is 7.11 Å². The van der Waals surface area contributed by atoms with Gasteiger partial charge in [-0.2, -0.15) is 0 Å². The lowest BCUT2D eigenvalue weighted by Crippen LogP contribution is -2.05. The van der Waals surface area contributed by atoms with Gasteiger partial charge in [0.05, 0.1) is 18.8 Å². The number of epoxide rings is 1. The molecule has 2 aromatic carbocycles. The molecule has 0 saturated carbocycles. The van der Waals surface area contributed by atoms with Gasteiger partial charge in [0, 0.05) is 11.3 Å². The molecule has 1 aliphatic heterocycles. The summed E-state index contributed by atoms with van der Waals surface area (Å²) in [5.41, 5.74) is 1.43. The van der Waals surface area contributed by atoms with Crippen LogP contribution in [0.2, 0.25) is 0 Å². The molecule has 4 heteroatoms. The fraction of sp³-hybridized carbons (Fsp3) is 0.429. The van der Waals surface area contributed by atoms with E-state index in [9.17, 15) is 0 Å². The molecule has 3 rings (SSSR count). The second kappa shape index (κ2) is 11.6. The largest absolute Gasteiger partial charge is 0.497 e. The first-order valence-corrected chi connectivity index (χ1v) is 12.3. The third-order valence-corrected chi connectivity index (χ3v) is 7.03. The zero-order valence-corrected chi connectivity index (χ0v) is 20.8. The summed E-state index contributed by atoms with van der Waals surface area (Å²) in [6, 6.07) is 18.3. The Morgan fingerprint density at radius 3 is 2.38 bits per heavy atom. The molecule has 0 aliphatic carbocycles. The summed E-state index contributed by atoms with van der Waals surface area (Å²) in [7, 11) is 1.68. The Morgan fingerprint density at radius 2 is 1.75 bits per heavy atom. The highest BCUT2D eigenvalue weighted by atomic mass is 32.2. The van der Waals surface area contributed by atoms with Crippen molar-refractivity contribution < 1.29 is 14.2 Å². The Morgan fingerprint density at radius 1 is 1.09 bits per heavy atom. The van der Waals surface area contributed by atoms with Crippen LogP contribution in [0, 0.1) is 5.92 Å². The van der Waals surface area contributed by atoms with E-state index < -0.39 is 0 Å². The van der Waals surface area contributed by atoms with E-state index in [1.54, 1.807) is 18.9 Å². The molecule has 2 aromatic rings. The smallest absolute Gasteiger partial charge is 0.127 e. The fourth-order valence-electron chi connectivity index (χ4n) is 3.50. The number of hydrogen-bond donors (Lipinski definition) is 0. The number of hydrogen-bond acceptors (Lipinski definition) is 4. The first kappa shape index (κ1) is 24.5. The molecule has 1 heterocycles. The topological polar surface area (TPSA) is 31.0 Å². The molecule has 1 aliphatic rings. The third kappa shape index (κ3) is 7.75. The summed E-state index contributed by atoms with van der Waals surface area (Å²) in [5, 5.41) is 2.28. The molecule has 172 valence electrons. The summed E-state index contributed by atoms with van der Waals surface area (Å²) < 4.78 is 17.3. The van der Waals surface area contributed by atoms with Crippen LogP contribution in [0.5, 0.6) is 11.5 Å². The van der Waals surface area contributed by atoms with Crippen LogP contribution in [-0.2, 0) is 4.74 Å². The van der Waals surface area contributed by atoms with E-state index in [2.05, 4.69) is 69.5 Å². The molecule has 2 atom stereocenters. The number of allylic oxidation sites excluding steroid dienone is 3. The van der Waals surface area contributed by atoms with E-state index in [1.807, 2.05) is 24.3 Å². The molecule has 1 saturated heterocycles. The fourth-order valence-corrected chi connectivity index (χ4v) is 4.37. The van der Waals surface area contributed by atoms with Gasteiger partial charge in [-0.25, -0.2) is 0 Å². The summed E-state index contributed by atoms with van der Waals surface area (Å²) in [5.74, 6) is 3.22. The number of thioether (sulfide) groups is 1. The molecule has 0 unspecified atom stereocenters. The van der Waals surface area contributed by atoms with E-state index in [1.165, 1.54) is 10.5 Å². The van der Waals surface area contributed by atoms with Crippen molar-refractivity contribution in [2.45, 2.75) is 70.0 Å². The lowest BCUT2D eigenvalue weighted by molar-refractivity contribution is 0.314. The third-order valence-electron chi connectivity index (χ3n) is 6.00. The Bertz CT molecular complexity index is 900. The first-order valence-electron chi connectivity index (χ1n) is 11.4. The van der Waals surface area contributed by atoms with Gasteiger partial charge in [-0.3, -0.25) is 0 Å². The van der Waals surface area contributed by atoms with Gasteiger partial charge >= 0.3 is 0 Å². The van der Waals surface area contributed by atoms with Crippen LogP contribution in [0.1, 0.15) is 53.4 Å². The Labute approximate surface area is 197 Å². The van der Waals surface area contributed by atoms with Crippen molar-refractivity contribution in [3.05, 3.63) is 77.4 Å². The van der Waals surface area contributed by atoms with Crippen LogP contribution in [0.25, 0.3) is 0 Å². The lowest BCUT2D eigenvalue weighted by atomic mass is 9.98. The quantitative estimate of drug-likeness (QED) is 0.185. The summed E-state index contributed by atoms with van der Waals surface area (Å²) >= 11 is 1.79. The second-order valence-corrected chi connectivity index (χ2v) is 9.91. The highest BCUT2D eigenvalue weighted by Gasteiger charge is 2.47. The Kier molecular flexibility index (Phi) is 8.89. The molecular weight excluding hydrogens is 416 g/mol. The highest BCUT2D eigenvalue weighted by molar-refractivity contribution is 8.02. The van der Waals surface area contributed by atoms with E-state index >= 15 is 0 Å². The normalized spacial score (nSPS) is 18.8. The summed E-state index contributed by atoms with van der Waals surface area (Å²) in [4.78, 5) is 1.28. The summed E-state index contributed by atoms with van der Waals surface area (Å²) in [6.07, 6.45) is 6.53. The van der Waals surface area contributed by atoms with Gasteiger partial charge in [0.25, 0.3) is 0 Å². The highest BCUT2D eigenvalue weighted by Crippen LogP contribution is 2.39. The molecule has 0 spiro atoms. The van der Waals surface area contributed by atoms with Crippen molar-refractivity contribution in [3.8, 4) is 11.5 Å². The maximum absolute atomic E-state index is 6.24. The van der Waals surface area contributed by atoms with Crippen LogP contribution in [-0.4, -0.2) is 18.8 Å². The zero-order valence-electron chi connectivity index (χ0n) is 20.0. The van der Waals surface area contributed by atoms with Gasteiger partial charge in [-0.05, 0) is 93.8 Å². The predicted molar refractivity (Wildman–Crippen MR) is 134 cm³/mol. The van der Waals surface area contributed by atoms with E-state index in [0.717, 1.165) is 42.9 Å². The van der Waals surface area contributed by atoms with Gasteiger partial charge in [-0.1, -0.05) is 42.5 Å². The van der Waals surface area contributed by atoms with Crippen molar-refractivity contribution >= 4 is 11.8 Å². The van der Waals surface area contributed by atoms with Crippen LogP contribution in [0.15, 0.2) is 82.3 Å². The summed E-state index contributed by atoms with van der Waals surface area (Å²) in [6.45, 7) is 8.83. The Hall–Kier alpha value is -2.17. The minimum atomic E-state index is 0.0120. The van der Waals surface area contributed by atoms with Gasteiger partial charge < -0.3 is 14.2 Å². The van der Waals surface area contributed by atoms with Gasteiger partial charge in [0.2, 0.25) is 0 Å². The van der Waals surface area contributed by atoms with Crippen LogP contribution in [0.3, 0.4) is 0 Å². The van der Waals surface area contributed by atoms with Crippen LogP contribution in [0.4, 0.5) is 0 Å². The van der Waals surface area contributed by atoms with Crippen molar-refractivity contribution in [1.82, 2.24) is 0 Å². The first-order chi connectivity index (χ1) is 15.4. The molecule has 0 radical (unpaired) electrons. The van der Waals surface area contributed by atoms with E-state index in [-0.39, 0.29) is 5.60 Å². The maximum atomic E-state index is 6.24. The molecule has 3 nitrogen and oxygen atoms in total. The lowest BCUT2D eigenvalue weighted by Gasteiger charge is -2.13. The number of rotatable bonds is 12. The Balaban J connectivity index is 1.55. The van der Waals surface area contributed by atoms with E-state index in [0.29, 0.717) is 12.0 Å². The molecular formula is C28H36O3S. The number of methoxy groups -OCH3 is 1. The SMILES string of the molecule is COc1ccc(O/C(=C/CC[C@H](C)/C(C)=C/Sc2ccccc2)CC[C@H]2OC2(C)C)cc1. The molecule has 0 bridgehead atoms. The van der Waals surface area contributed by atoms with Gasteiger partial charge in [0.1, 0.15) is 17.3 Å². The van der Waals surface area contributed by atoms with E-state index in [4.69, 9.17) is 14.2 Å². The molecule has 1 fully saturated rings. The van der Waals surface area contributed by atoms with Crippen LogP contribution >= 0.6 is 11.8 Å². The van der Waals surface area contributed by atoms with Crippen molar-refractivity contribution in [2.24, 2.45) is 5.92 Å². The second-order valence-electron chi connectivity index (χ2n) is 8.97. The molecule has 32 heavy (non-hydrogen) atoms. The standard InChI is InChI=1S/C28H36O3S/c1-21(22(2)20-32-26-12-7-6-8-13-26)10-9-11-24(18-19-27-28(3,4)31-27)30-25-16-14-23(29-5)15-17-25/h6-8,11-17,20-21,27H,9-10,18-19H2,1-5H3/b22-20+,24-11+/t21-,27+/m0/s1. The van der Waals surface area contributed by atoms with Gasteiger partial charge in [0.15, 0.2) is 0 Å².